The van der Waals surface area contributed by atoms with Crippen LogP contribution in [0.2, 0.25) is 0 Å². The number of nitrogens with zero attached hydrogens (tertiary/aromatic N) is 2. The Labute approximate surface area is 123 Å². The second-order valence-electron chi connectivity index (χ2n) is 4.36. The molecule has 1 heterocycles. The van der Waals surface area contributed by atoms with Crippen molar-refractivity contribution in [1.82, 2.24) is 15.5 Å². The molecule has 0 spiro atoms. The van der Waals surface area contributed by atoms with Gasteiger partial charge in [0.15, 0.2) is 5.96 Å². The number of aliphatic imine (C=N–C) groups is 1. The van der Waals surface area contributed by atoms with Gasteiger partial charge < -0.3 is 15.5 Å². The Morgan fingerprint density at radius 3 is 2.35 bits per heavy atom. The summed E-state index contributed by atoms with van der Waals surface area (Å²) in [5.74, 6) is 0.885. The predicted molar refractivity (Wildman–Crippen MR) is 85.4 cm³/mol. The van der Waals surface area contributed by atoms with E-state index in [0.29, 0.717) is 0 Å². The van der Waals surface area contributed by atoms with E-state index in [1.165, 1.54) is 51.7 Å². The van der Waals surface area contributed by atoms with Crippen molar-refractivity contribution in [2.45, 2.75) is 32.1 Å². The number of guanidine groups is 1. The fourth-order valence-electron chi connectivity index (χ4n) is 2.15. The quantitative estimate of drug-likeness (QED) is 0.349. The fraction of sp³-hybridized carbons (Fsp3) is 0.917. The molecule has 0 aromatic rings. The number of likely N-dealkylation sites (tertiary alicyclic amines) is 1. The van der Waals surface area contributed by atoms with Crippen molar-refractivity contribution in [3.63, 3.8) is 0 Å². The van der Waals surface area contributed by atoms with Crippen molar-refractivity contribution in [3.8, 4) is 0 Å². The summed E-state index contributed by atoms with van der Waals surface area (Å²) in [6, 6.07) is 0. The third-order valence-electron chi connectivity index (χ3n) is 3.10. The first-order valence-electron chi connectivity index (χ1n) is 6.47. The van der Waals surface area contributed by atoms with E-state index in [2.05, 4.69) is 20.5 Å². The lowest BCUT2D eigenvalue weighted by Gasteiger charge is -2.19. The Balaban J connectivity index is 0.00000256. The van der Waals surface area contributed by atoms with Crippen molar-refractivity contribution in [2.24, 2.45) is 4.99 Å². The van der Waals surface area contributed by atoms with Gasteiger partial charge in [0.25, 0.3) is 0 Å². The van der Waals surface area contributed by atoms with Gasteiger partial charge in [-0.15, -0.1) is 24.0 Å². The highest BCUT2D eigenvalue weighted by Crippen LogP contribution is 2.09. The predicted octanol–water partition coefficient (Wildman–Crippen LogP) is 1.67. The lowest BCUT2D eigenvalue weighted by molar-refractivity contribution is 0.282. The van der Waals surface area contributed by atoms with E-state index in [1.807, 2.05) is 7.05 Å². The van der Waals surface area contributed by atoms with Crippen LogP contribution in [0.25, 0.3) is 0 Å². The summed E-state index contributed by atoms with van der Waals surface area (Å²) >= 11 is 0. The standard InChI is InChI=1S/C12H26N4.HI/c1-13-12(14-2)15-8-7-11-16-9-5-3-4-6-10-16;/h3-11H2,1-2H3,(H2,13,14,15);1H. The van der Waals surface area contributed by atoms with Gasteiger partial charge in [0.2, 0.25) is 0 Å². The Kier molecular flexibility index (Phi) is 11.0. The molecular formula is C12H27IN4. The fourth-order valence-corrected chi connectivity index (χ4v) is 2.15. The number of hydrogen-bond donors (Lipinski definition) is 2. The van der Waals surface area contributed by atoms with Gasteiger partial charge in [-0.05, 0) is 38.9 Å². The average Bonchev–Trinajstić information content (AvgIpc) is 2.58. The Hall–Kier alpha value is -0.0400. The molecule has 0 saturated carbocycles. The van der Waals surface area contributed by atoms with Crippen molar-refractivity contribution < 1.29 is 0 Å². The lowest BCUT2D eigenvalue weighted by atomic mass is 10.2. The molecule has 0 atom stereocenters. The molecule has 0 aliphatic carbocycles. The highest BCUT2D eigenvalue weighted by Gasteiger charge is 2.07. The van der Waals surface area contributed by atoms with Gasteiger partial charge in [-0.1, -0.05) is 12.8 Å². The molecular weight excluding hydrogens is 327 g/mol. The molecule has 0 radical (unpaired) electrons. The van der Waals surface area contributed by atoms with Crippen molar-refractivity contribution in [2.75, 3.05) is 40.3 Å². The lowest BCUT2D eigenvalue weighted by Crippen LogP contribution is -2.36. The second kappa shape index (κ2) is 11.1. The molecule has 0 unspecified atom stereocenters. The second-order valence-corrected chi connectivity index (χ2v) is 4.36. The van der Waals surface area contributed by atoms with E-state index in [9.17, 15) is 0 Å². The Bertz CT molecular complexity index is 201. The largest absolute Gasteiger partial charge is 0.359 e. The minimum Gasteiger partial charge on any atom is -0.359 e. The molecule has 0 aromatic heterocycles. The third-order valence-corrected chi connectivity index (χ3v) is 3.10. The molecule has 4 nitrogen and oxygen atoms in total. The minimum absolute atomic E-state index is 0. The summed E-state index contributed by atoms with van der Waals surface area (Å²) in [6.45, 7) is 4.80. The van der Waals surface area contributed by atoms with Crippen LogP contribution in [0.5, 0.6) is 0 Å². The first kappa shape index (κ1) is 17.0. The molecule has 1 fully saturated rings. The molecule has 1 rings (SSSR count). The van der Waals surface area contributed by atoms with Crippen molar-refractivity contribution in [1.29, 1.82) is 0 Å². The van der Waals surface area contributed by atoms with Crippen LogP contribution in [-0.2, 0) is 0 Å². The van der Waals surface area contributed by atoms with Gasteiger partial charge in [-0.25, -0.2) is 0 Å². The first-order valence-corrected chi connectivity index (χ1v) is 6.47. The smallest absolute Gasteiger partial charge is 0.190 e. The van der Waals surface area contributed by atoms with Crippen LogP contribution in [0.3, 0.4) is 0 Å². The zero-order valence-electron chi connectivity index (χ0n) is 11.2. The molecule has 17 heavy (non-hydrogen) atoms. The normalized spacial score (nSPS) is 18.1. The van der Waals surface area contributed by atoms with Gasteiger partial charge in [0.05, 0.1) is 0 Å². The van der Waals surface area contributed by atoms with E-state index in [4.69, 9.17) is 0 Å². The third kappa shape index (κ3) is 7.81. The number of nitrogens with one attached hydrogen (secondary N) is 2. The van der Waals surface area contributed by atoms with Gasteiger partial charge >= 0.3 is 0 Å². The number of halogens is 1. The van der Waals surface area contributed by atoms with Crippen LogP contribution in [0.15, 0.2) is 4.99 Å². The van der Waals surface area contributed by atoms with Crippen LogP contribution in [0, 0.1) is 0 Å². The van der Waals surface area contributed by atoms with Gasteiger partial charge in [0.1, 0.15) is 0 Å². The maximum Gasteiger partial charge on any atom is 0.190 e. The van der Waals surface area contributed by atoms with Gasteiger partial charge in [-0.3, -0.25) is 4.99 Å². The van der Waals surface area contributed by atoms with E-state index in [1.54, 1.807) is 7.05 Å². The van der Waals surface area contributed by atoms with Crippen LogP contribution in [0.1, 0.15) is 32.1 Å². The molecule has 0 amide bonds. The zero-order chi connectivity index (χ0) is 11.6. The summed E-state index contributed by atoms with van der Waals surface area (Å²) in [4.78, 5) is 6.68. The first-order chi connectivity index (χ1) is 7.86. The summed E-state index contributed by atoms with van der Waals surface area (Å²) in [5.41, 5.74) is 0. The van der Waals surface area contributed by atoms with Crippen LogP contribution in [0.4, 0.5) is 0 Å². The number of hydrogen-bond acceptors (Lipinski definition) is 2. The van der Waals surface area contributed by atoms with E-state index in [0.717, 1.165) is 12.5 Å². The molecule has 1 saturated heterocycles. The average molecular weight is 354 g/mol. The van der Waals surface area contributed by atoms with Crippen LogP contribution >= 0.6 is 24.0 Å². The summed E-state index contributed by atoms with van der Waals surface area (Å²) in [6.07, 6.45) is 6.79. The highest BCUT2D eigenvalue weighted by atomic mass is 127. The van der Waals surface area contributed by atoms with Gasteiger partial charge in [0, 0.05) is 20.6 Å². The summed E-state index contributed by atoms with van der Waals surface area (Å²) in [5, 5.41) is 6.31. The minimum atomic E-state index is 0. The monoisotopic (exact) mass is 354 g/mol. The highest BCUT2D eigenvalue weighted by molar-refractivity contribution is 14.0. The maximum absolute atomic E-state index is 4.09. The van der Waals surface area contributed by atoms with Crippen LogP contribution < -0.4 is 10.6 Å². The van der Waals surface area contributed by atoms with Crippen molar-refractivity contribution in [3.05, 3.63) is 0 Å². The maximum atomic E-state index is 4.09. The topological polar surface area (TPSA) is 39.7 Å². The molecule has 0 aromatic carbocycles. The van der Waals surface area contributed by atoms with Crippen molar-refractivity contribution >= 4 is 29.9 Å². The van der Waals surface area contributed by atoms with E-state index < -0.39 is 0 Å². The SMILES string of the molecule is CN=C(NC)NCCCN1CCCCCC1.I. The van der Waals surface area contributed by atoms with Gasteiger partial charge in [-0.2, -0.15) is 0 Å². The van der Waals surface area contributed by atoms with E-state index in [-0.39, 0.29) is 24.0 Å². The molecule has 2 N–H and O–H groups in total. The molecule has 1 aliphatic heterocycles. The summed E-state index contributed by atoms with van der Waals surface area (Å²) < 4.78 is 0. The summed E-state index contributed by atoms with van der Waals surface area (Å²) in [7, 11) is 3.69. The Morgan fingerprint density at radius 1 is 1.18 bits per heavy atom. The molecule has 102 valence electrons. The van der Waals surface area contributed by atoms with Crippen LogP contribution in [-0.4, -0.2) is 51.1 Å². The Morgan fingerprint density at radius 2 is 1.82 bits per heavy atom. The van der Waals surface area contributed by atoms with E-state index >= 15 is 0 Å². The number of rotatable bonds is 4. The molecule has 0 bridgehead atoms. The molecule has 5 heteroatoms. The zero-order valence-corrected chi connectivity index (χ0v) is 13.5. The molecule has 1 aliphatic rings.